The highest BCUT2D eigenvalue weighted by molar-refractivity contribution is 6.09. The van der Waals surface area contributed by atoms with Crippen molar-refractivity contribution < 1.29 is 9.59 Å². The van der Waals surface area contributed by atoms with E-state index in [1.165, 1.54) is 0 Å². The number of benzene rings is 1. The summed E-state index contributed by atoms with van der Waals surface area (Å²) in [6, 6.07) is 13.9. The van der Waals surface area contributed by atoms with Crippen molar-refractivity contribution in [3.63, 3.8) is 0 Å². The molecule has 3 heterocycles. The number of Topliss-reactive ketones (excluding diaryl/α,β-unsaturated/α-hetero) is 1. The molecule has 0 saturated carbocycles. The van der Waals surface area contributed by atoms with Gasteiger partial charge in [-0.25, -0.2) is 4.98 Å². The Labute approximate surface area is 205 Å². The first kappa shape index (κ1) is 22.8. The predicted molar refractivity (Wildman–Crippen MR) is 135 cm³/mol. The molecule has 0 bridgehead atoms. The Morgan fingerprint density at radius 3 is 2.54 bits per heavy atom. The third-order valence-electron chi connectivity index (χ3n) is 7.17. The molecule has 7 heteroatoms. The number of nitrogens with zero attached hydrogens (tertiary/aromatic N) is 3. The van der Waals surface area contributed by atoms with Crippen molar-refractivity contribution in [3.05, 3.63) is 99.8 Å². The van der Waals surface area contributed by atoms with E-state index in [2.05, 4.69) is 32.8 Å². The molecule has 7 nitrogen and oxygen atoms in total. The maximum Gasteiger partial charge on any atom is 0.255 e. The van der Waals surface area contributed by atoms with Gasteiger partial charge in [-0.1, -0.05) is 36.4 Å². The number of amides is 1. The van der Waals surface area contributed by atoms with Gasteiger partial charge in [0.1, 0.15) is 5.82 Å². The number of pyridine rings is 1. The van der Waals surface area contributed by atoms with Gasteiger partial charge >= 0.3 is 0 Å². The number of ketones is 1. The third-order valence-corrected chi connectivity index (χ3v) is 7.17. The average Bonchev–Trinajstić information content (AvgIpc) is 3.17. The molecule has 2 aliphatic rings. The third kappa shape index (κ3) is 4.07. The number of anilines is 1. The Kier molecular flexibility index (Phi) is 5.84. The van der Waals surface area contributed by atoms with Crippen LogP contribution >= 0.6 is 0 Å². The number of carbonyl (C=O) groups excluding carboxylic acids is 2. The number of allylic oxidation sites excluding steroid dienone is 3. The number of nitrogens with one attached hydrogen (secondary N) is 2. The monoisotopic (exact) mass is 467 g/mol. The highest BCUT2D eigenvalue weighted by atomic mass is 16.2. The van der Waals surface area contributed by atoms with Crippen LogP contribution in [0, 0.1) is 13.8 Å². The quantitative estimate of drug-likeness (QED) is 0.593. The van der Waals surface area contributed by atoms with Gasteiger partial charge in [-0.05, 0) is 50.3 Å². The molecule has 2 N–H and O–H groups in total. The first-order chi connectivity index (χ1) is 16.8. The number of hydrogen-bond donors (Lipinski definition) is 2. The first-order valence-corrected chi connectivity index (χ1v) is 11.9. The van der Waals surface area contributed by atoms with Crippen molar-refractivity contribution in [1.29, 1.82) is 0 Å². The number of aryl methyl sites for hydroxylation is 2. The zero-order valence-electron chi connectivity index (χ0n) is 20.4. The van der Waals surface area contributed by atoms with Gasteiger partial charge in [-0.15, -0.1) is 0 Å². The minimum atomic E-state index is -0.492. The van der Waals surface area contributed by atoms with Gasteiger partial charge in [-0.3, -0.25) is 14.3 Å². The van der Waals surface area contributed by atoms with Gasteiger partial charge in [0.05, 0.1) is 6.20 Å². The van der Waals surface area contributed by atoms with E-state index in [-0.39, 0.29) is 17.6 Å². The van der Waals surface area contributed by atoms with Gasteiger partial charge < -0.3 is 10.6 Å². The lowest BCUT2D eigenvalue weighted by Crippen LogP contribution is -2.37. The highest BCUT2D eigenvalue weighted by Gasteiger charge is 2.42. The van der Waals surface area contributed by atoms with Gasteiger partial charge in [0, 0.05) is 59.4 Å². The molecule has 2 aromatic heterocycles. The van der Waals surface area contributed by atoms with Crippen LogP contribution in [0.15, 0.2) is 77.4 Å². The van der Waals surface area contributed by atoms with Crippen LogP contribution in [0.1, 0.15) is 54.0 Å². The largest absolute Gasteiger partial charge is 0.362 e. The summed E-state index contributed by atoms with van der Waals surface area (Å²) >= 11 is 0. The number of hydrogen-bond acceptors (Lipinski definition) is 5. The fourth-order valence-electron chi connectivity index (χ4n) is 5.20. The van der Waals surface area contributed by atoms with Crippen LogP contribution in [0.4, 0.5) is 5.82 Å². The molecule has 0 saturated heterocycles. The second kappa shape index (κ2) is 8.98. The maximum absolute atomic E-state index is 13.7. The van der Waals surface area contributed by atoms with Crippen LogP contribution in [0.5, 0.6) is 0 Å². The lowest BCUT2D eigenvalue weighted by molar-refractivity contribution is -0.116. The SMILES string of the molecule is CC1=C(C(=O)Nc2ncccc2C)[C@@H](c2cnn(C)c2C)C2=C(C[C@@H](c3ccccc3)CC2=O)N1. The predicted octanol–water partition coefficient (Wildman–Crippen LogP) is 4.43. The lowest BCUT2D eigenvalue weighted by Gasteiger charge is -2.36. The molecule has 178 valence electrons. The van der Waals surface area contributed by atoms with Crippen LogP contribution in [0.2, 0.25) is 0 Å². The number of carbonyl (C=O) groups is 2. The Bertz CT molecular complexity index is 1380. The van der Waals surface area contributed by atoms with Crippen LogP contribution in [-0.4, -0.2) is 26.5 Å². The van der Waals surface area contributed by atoms with Gasteiger partial charge in [0.2, 0.25) is 0 Å². The summed E-state index contributed by atoms with van der Waals surface area (Å²) in [7, 11) is 1.87. The second-order valence-electron chi connectivity index (χ2n) is 9.36. The molecule has 5 rings (SSSR count). The molecular weight excluding hydrogens is 438 g/mol. The fourth-order valence-corrected chi connectivity index (χ4v) is 5.20. The summed E-state index contributed by atoms with van der Waals surface area (Å²) in [5.74, 6) is -0.0845. The Morgan fingerprint density at radius 2 is 1.86 bits per heavy atom. The van der Waals surface area contributed by atoms with Crippen molar-refractivity contribution in [2.24, 2.45) is 7.05 Å². The van der Waals surface area contributed by atoms with Crippen molar-refractivity contribution in [1.82, 2.24) is 20.1 Å². The zero-order valence-corrected chi connectivity index (χ0v) is 20.4. The van der Waals surface area contributed by atoms with Crippen molar-refractivity contribution in [3.8, 4) is 0 Å². The molecule has 35 heavy (non-hydrogen) atoms. The van der Waals surface area contributed by atoms with E-state index in [4.69, 9.17) is 0 Å². The smallest absolute Gasteiger partial charge is 0.255 e. The molecule has 0 fully saturated rings. The van der Waals surface area contributed by atoms with E-state index in [0.717, 1.165) is 33.8 Å². The second-order valence-corrected chi connectivity index (χ2v) is 9.36. The minimum Gasteiger partial charge on any atom is -0.362 e. The Balaban J connectivity index is 1.59. The van der Waals surface area contributed by atoms with Crippen molar-refractivity contribution in [2.45, 2.75) is 45.4 Å². The molecule has 1 aromatic carbocycles. The summed E-state index contributed by atoms with van der Waals surface area (Å²) in [4.78, 5) is 31.7. The van der Waals surface area contributed by atoms with E-state index in [9.17, 15) is 9.59 Å². The molecule has 0 radical (unpaired) electrons. The molecule has 1 aliphatic heterocycles. The Morgan fingerprint density at radius 1 is 1.09 bits per heavy atom. The van der Waals surface area contributed by atoms with E-state index in [1.54, 1.807) is 17.1 Å². The molecular formula is C28H29N5O2. The molecule has 2 atom stereocenters. The van der Waals surface area contributed by atoms with Crippen molar-refractivity contribution >= 4 is 17.5 Å². The van der Waals surface area contributed by atoms with Gasteiger partial charge in [0.15, 0.2) is 5.78 Å². The highest BCUT2D eigenvalue weighted by Crippen LogP contribution is 2.46. The molecule has 0 unspecified atom stereocenters. The molecule has 0 spiro atoms. The van der Waals surface area contributed by atoms with Crippen molar-refractivity contribution in [2.75, 3.05) is 5.32 Å². The summed E-state index contributed by atoms with van der Waals surface area (Å²) in [5.41, 5.74) is 6.65. The van der Waals surface area contributed by atoms with Crippen LogP contribution in [0.3, 0.4) is 0 Å². The van der Waals surface area contributed by atoms with E-state index >= 15 is 0 Å². The van der Waals surface area contributed by atoms with Crippen LogP contribution < -0.4 is 10.6 Å². The van der Waals surface area contributed by atoms with Gasteiger partial charge in [0.25, 0.3) is 5.91 Å². The van der Waals surface area contributed by atoms with E-state index in [1.807, 2.05) is 58.2 Å². The summed E-state index contributed by atoms with van der Waals surface area (Å²) < 4.78 is 1.78. The average molecular weight is 468 g/mol. The molecule has 1 aliphatic carbocycles. The fraction of sp³-hybridized carbons (Fsp3) is 0.286. The number of aromatic nitrogens is 3. The van der Waals surface area contributed by atoms with E-state index in [0.29, 0.717) is 29.8 Å². The summed E-state index contributed by atoms with van der Waals surface area (Å²) in [6.07, 6.45) is 4.56. The van der Waals surface area contributed by atoms with E-state index < -0.39 is 5.92 Å². The van der Waals surface area contributed by atoms with Crippen LogP contribution in [-0.2, 0) is 16.6 Å². The van der Waals surface area contributed by atoms with Crippen LogP contribution in [0.25, 0.3) is 0 Å². The molecule has 1 amide bonds. The maximum atomic E-state index is 13.7. The summed E-state index contributed by atoms with van der Waals surface area (Å²) in [5, 5.41) is 10.8. The summed E-state index contributed by atoms with van der Waals surface area (Å²) in [6.45, 7) is 5.78. The number of dihydropyridines is 1. The molecule has 3 aromatic rings. The Hall–Kier alpha value is -4.00. The zero-order chi connectivity index (χ0) is 24.7. The topological polar surface area (TPSA) is 88.9 Å². The first-order valence-electron chi connectivity index (χ1n) is 11.9. The normalized spacial score (nSPS) is 19.9. The minimum absolute atomic E-state index is 0.0627. The van der Waals surface area contributed by atoms with Gasteiger partial charge in [-0.2, -0.15) is 5.10 Å². The lowest BCUT2D eigenvalue weighted by atomic mass is 9.71. The standard InChI is InChI=1S/C28H29N5O2/c1-16-9-8-12-29-27(16)32-28(35)24-17(2)31-22-13-20(19-10-6-5-7-11-19)14-23(34)26(22)25(24)21-15-30-33(4)18(21)3/h5-12,15,20,25,31H,13-14H2,1-4H3,(H,29,32,35)/t20-,25-/m1/s1. The number of rotatable bonds is 4.